The number of rotatable bonds is 4. The van der Waals surface area contributed by atoms with Gasteiger partial charge in [-0.05, 0) is 26.7 Å². The van der Waals surface area contributed by atoms with E-state index in [1.165, 1.54) is 11.3 Å². The van der Waals surface area contributed by atoms with Gasteiger partial charge in [-0.15, -0.1) is 11.3 Å². The van der Waals surface area contributed by atoms with Crippen LogP contribution in [0.4, 0.5) is 4.79 Å². The predicted octanol–water partition coefficient (Wildman–Crippen LogP) is 2.27. The lowest BCUT2D eigenvalue weighted by Crippen LogP contribution is -2.48. The molecule has 1 aromatic rings. The molecule has 0 bridgehead atoms. The van der Waals surface area contributed by atoms with E-state index in [0.717, 1.165) is 5.01 Å². The summed E-state index contributed by atoms with van der Waals surface area (Å²) in [6.07, 6.45) is 2.74. The van der Waals surface area contributed by atoms with Gasteiger partial charge in [-0.3, -0.25) is 4.79 Å². The van der Waals surface area contributed by atoms with Gasteiger partial charge < -0.3 is 15.3 Å². The Morgan fingerprint density at radius 2 is 2.29 bits per heavy atom. The summed E-state index contributed by atoms with van der Waals surface area (Å²) in [7, 11) is 0. The third-order valence-electron chi connectivity index (χ3n) is 4.16. The zero-order valence-corrected chi connectivity index (χ0v) is 13.4. The molecule has 2 amide bonds. The number of hydrogen-bond donors (Lipinski definition) is 2. The first-order valence-electron chi connectivity index (χ1n) is 7.01. The highest BCUT2D eigenvalue weighted by Crippen LogP contribution is 2.34. The molecule has 1 aromatic heterocycles. The van der Waals surface area contributed by atoms with Gasteiger partial charge in [0, 0.05) is 24.7 Å². The molecular formula is C14H21N3O3S. The van der Waals surface area contributed by atoms with Crippen LogP contribution in [0.15, 0.2) is 11.6 Å². The van der Waals surface area contributed by atoms with Gasteiger partial charge in [0.1, 0.15) is 5.01 Å². The van der Waals surface area contributed by atoms with Crippen LogP contribution in [-0.2, 0) is 10.3 Å². The van der Waals surface area contributed by atoms with Gasteiger partial charge in [0.15, 0.2) is 0 Å². The summed E-state index contributed by atoms with van der Waals surface area (Å²) in [6, 6.07) is -0.230. The second-order valence-corrected chi connectivity index (χ2v) is 6.90. The number of nitrogens with zero attached hydrogens (tertiary/aromatic N) is 2. The van der Waals surface area contributed by atoms with Crippen molar-refractivity contribution in [2.75, 3.05) is 13.1 Å². The van der Waals surface area contributed by atoms with E-state index in [1.54, 1.807) is 11.1 Å². The van der Waals surface area contributed by atoms with E-state index in [1.807, 2.05) is 26.2 Å². The Morgan fingerprint density at radius 3 is 2.76 bits per heavy atom. The first kappa shape index (κ1) is 15.8. The number of aliphatic carboxylic acids is 1. The second-order valence-electron chi connectivity index (χ2n) is 6.00. The lowest BCUT2D eigenvalue weighted by molar-refractivity contribution is -0.148. The molecule has 21 heavy (non-hydrogen) atoms. The molecule has 6 nitrogen and oxygen atoms in total. The van der Waals surface area contributed by atoms with Crippen molar-refractivity contribution in [1.29, 1.82) is 0 Å². The average molecular weight is 311 g/mol. The zero-order valence-electron chi connectivity index (χ0n) is 12.5. The van der Waals surface area contributed by atoms with Gasteiger partial charge >= 0.3 is 12.0 Å². The van der Waals surface area contributed by atoms with Crippen molar-refractivity contribution in [3.8, 4) is 0 Å². The van der Waals surface area contributed by atoms with Crippen molar-refractivity contribution in [3.05, 3.63) is 16.6 Å². The molecule has 7 heteroatoms. The molecule has 2 N–H and O–H groups in total. The monoisotopic (exact) mass is 311 g/mol. The topological polar surface area (TPSA) is 82.5 Å². The van der Waals surface area contributed by atoms with E-state index >= 15 is 0 Å². The number of aromatic nitrogens is 1. The highest BCUT2D eigenvalue weighted by atomic mass is 32.1. The smallest absolute Gasteiger partial charge is 0.318 e. The van der Waals surface area contributed by atoms with E-state index in [-0.39, 0.29) is 12.6 Å². The van der Waals surface area contributed by atoms with Crippen LogP contribution in [0.25, 0.3) is 0 Å². The summed E-state index contributed by atoms with van der Waals surface area (Å²) < 4.78 is 0. The lowest BCUT2D eigenvalue weighted by atomic mass is 9.84. The van der Waals surface area contributed by atoms with Crippen LogP contribution in [0.1, 0.15) is 38.6 Å². The van der Waals surface area contributed by atoms with E-state index in [2.05, 4.69) is 10.3 Å². The van der Waals surface area contributed by atoms with Crippen LogP contribution in [0.2, 0.25) is 0 Å². The van der Waals surface area contributed by atoms with Crippen LogP contribution < -0.4 is 5.32 Å². The Balaban J connectivity index is 2.04. The highest BCUT2D eigenvalue weighted by molar-refractivity contribution is 7.09. The maximum Gasteiger partial charge on any atom is 0.318 e. The fourth-order valence-corrected chi connectivity index (χ4v) is 3.31. The highest BCUT2D eigenvalue weighted by Gasteiger charge is 2.45. The van der Waals surface area contributed by atoms with Gasteiger partial charge in [-0.2, -0.15) is 0 Å². The molecule has 2 rings (SSSR count). The van der Waals surface area contributed by atoms with Gasteiger partial charge in [0.25, 0.3) is 0 Å². The molecule has 0 aromatic carbocycles. The quantitative estimate of drug-likeness (QED) is 0.893. The van der Waals surface area contributed by atoms with Gasteiger partial charge in [-0.1, -0.05) is 6.92 Å². The minimum atomic E-state index is -0.820. The lowest BCUT2D eigenvalue weighted by Gasteiger charge is -2.28. The predicted molar refractivity (Wildman–Crippen MR) is 80.2 cm³/mol. The molecule has 0 radical (unpaired) electrons. The molecule has 1 saturated heterocycles. The number of carboxylic acids is 1. The summed E-state index contributed by atoms with van der Waals surface area (Å²) in [5, 5.41) is 15.0. The van der Waals surface area contributed by atoms with E-state index in [9.17, 15) is 14.7 Å². The van der Waals surface area contributed by atoms with Crippen molar-refractivity contribution in [2.24, 2.45) is 5.41 Å². The fourth-order valence-electron chi connectivity index (χ4n) is 2.59. The van der Waals surface area contributed by atoms with Crippen LogP contribution >= 0.6 is 11.3 Å². The summed E-state index contributed by atoms with van der Waals surface area (Å²) >= 11 is 1.49. The Hall–Kier alpha value is -1.63. The van der Waals surface area contributed by atoms with Crippen LogP contribution in [0.5, 0.6) is 0 Å². The molecule has 2 heterocycles. The van der Waals surface area contributed by atoms with E-state index < -0.39 is 16.9 Å². The molecule has 1 fully saturated rings. The molecule has 0 aliphatic carbocycles. The molecule has 0 spiro atoms. The average Bonchev–Trinajstić information content (AvgIpc) is 3.09. The van der Waals surface area contributed by atoms with Gasteiger partial charge in [0.05, 0.1) is 11.0 Å². The largest absolute Gasteiger partial charge is 0.481 e. The molecule has 1 atom stereocenters. The normalized spacial score (nSPS) is 22.3. The Bertz CT molecular complexity index is 530. The Kier molecular flexibility index (Phi) is 4.22. The number of carboxylic acid groups (broad SMARTS) is 1. The molecule has 1 aliphatic rings. The number of nitrogens with one attached hydrogen (secondary N) is 1. The molecular weight excluding hydrogens is 290 g/mol. The number of urea groups is 1. The van der Waals surface area contributed by atoms with Crippen molar-refractivity contribution in [2.45, 2.75) is 39.2 Å². The van der Waals surface area contributed by atoms with Crippen LogP contribution in [0, 0.1) is 5.41 Å². The van der Waals surface area contributed by atoms with Crippen molar-refractivity contribution in [1.82, 2.24) is 15.2 Å². The number of likely N-dealkylation sites (tertiary alicyclic amines) is 1. The second kappa shape index (κ2) is 5.63. The summed E-state index contributed by atoms with van der Waals surface area (Å²) in [6.45, 7) is 6.38. The molecule has 116 valence electrons. The van der Waals surface area contributed by atoms with Crippen molar-refractivity contribution >= 4 is 23.3 Å². The minimum Gasteiger partial charge on any atom is -0.481 e. The van der Waals surface area contributed by atoms with E-state index in [4.69, 9.17) is 0 Å². The summed E-state index contributed by atoms with van der Waals surface area (Å²) in [4.78, 5) is 29.6. The molecule has 1 unspecified atom stereocenters. The van der Waals surface area contributed by atoms with Gasteiger partial charge in [-0.25, -0.2) is 9.78 Å². The number of hydrogen-bond acceptors (Lipinski definition) is 4. The maximum atomic E-state index is 12.4. The van der Waals surface area contributed by atoms with Crippen LogP contribution in [0.3, 0.4) is 0 Å². The zero-order chi connectivity index (χ0) is 15.7. The van der Waals surface area contributed by atoms with Gasteiger partial charge in [0.2, 0.25) is 0 Å². The number of carbonyl (C=O) groups excluding carboxylic acids is 1. The Labute approximate surface area is 128 Å². The number of carbonyl (C=O) groups is 2. The Morgan fingerprint density at radius 1 is 1.57 bits per heavy atom. The third kappa shape index (κ3) is 3.02. The summed E-state index contributed by atoms with van der Waals surface area (Å²) in [5.74, 6) is -0.820. The molecule has 1 aliphatic heterocycles. The first-order valence-corrected chi connectivity index (χ1v) is 7.89. The standard InChI is InChI=1S/C14H21N3O3S/c1-4-14(11(18)19)5-7-17(9-14)12(20)16-13(2,3)10-15-6-8-21-10/h6,8H,4-5,7,9H2,1-3H3,(H,16,20)(H,18,19). The summed E-state index contributed by atoms with van der Waals surface area (Å²) in [5.41, 5.74) is -1.37. The number of amides is 2. The van der Waals surface area contributed by atoms with Crippen molar-refractivity contribution in [3.63, 3.8) is 0 Å². The number of thiazole rings is 1. The SMILES string of the molecule is CCC1(C(=O)O)CCN(C(=O)NC(C)(C)c2nccs2)C1. The minimum absolute atomic E-state index is 0.230. The third-order valence-corrected chi connectivity index (χ3v) is 5.25. The fraction of sp³-hybridized carbons (Fsp3) is 0.643. The first-order chi connectivity index (χ1) is 9.81. The van der Waals surface area contributed by atoms with Crippen molar-refractivity contribution < 1.29 is 14.7 Å². The maximum absolute atomic E-state index is 12.4. The molecule has 0 saturated carbocycles. The van der Waals surface area contributed by atoms with Crippen LogP contribution in [-0.4, -0.2) is 40.1 Å². The van der Waals surface area contributed by atoms with E-state index in [0.29, 0.717) is 19.4 Å².